The lowest BCUT2D eigenvalue weighted by atomic mass is 9.53. The molecule has 1 saturated carbocycles. The van der Waals surface area contributed by atoms with Gasteiger partial charge in [0.15, 0.2) is 0 Å². The number of amides is 2. The average Bonchev–Trinajstić information content (AvgIpc) is 3.08. The quantitative estimate of drug-likeness (QED) is 0.451. The maximum Gasteiger partial charge on any atom is 0.312 e. The van der Waals surface area contributed by atoms with E-state index < -0.39 is 6.03 Å². The predicted octanol–water partition coefficient (Wildman–Crippen LogP) is 6.93. The van der Waals surface area contributed by atoms with Gasteiger partial charge < -0.3 is 11.1 Å². The number of carbonyl (C=O) groups is 1. The summed E-state index contributed by atoms with van der Waals surface area (Å²) in [5.74, 6) is 3.34. The van der Waals surface area contributed by atoms with Gasteiger partial charge in [0.1, 0.15) is 0 Å². The molecule has 0 saturated heterocycles. The minimum atomic E-state index is -0.422. The molecule has 4 aliphatic rings. The zero-order chi connectivity index (χ0) is 23.3. The molecule has 4 rings (SSSR count). The van der Waals surface area contributed by atoms with Gasteiger partial charge in [-0.1, -0.05) is 77.5 Å². The van der Waals surface area contributed by atoms with Gasteiger partial charge >= 0.3 is 6.03 Å². The van der Waals surface area contributed by atoms with Crippen LogP contribution in [0.2, 0.25) is 0 Å². The van der Waals surface area contributed by atoms with Crippen LogP contribution in [-0.4, -0.2) is 12.1 Å². The van der Waals surface area contributed by atoms with E-state index in [1.54, 1.807) is 11.1 Å². The molecule has 0 unspecified atom stereocenters. The van der Waals surface area contributed by atoms with E-state index in [1.165, 1.54) is 31.3 Å². The molecule has 176 valence electrons. The van der Waals surface area contributed by atoms with Crippen LogP contribution in [0.15, 0.2) is 47.1 Å². The average molecular weight is 437 g/mol. The van der Waals surface area contributed by atoms with Gasteiger partial charge in [0.25, 0.3) is 0 Å². The summed E-state index contributed by atoms with van der Waals surface area (Å²) in [4.78, 5) is 11.3. The zero-order valence-electron chi connectivity index (χ0n) is 21.1. The maximum absolute atomic E-state index is 11.3. The predicted molar refractivity (Wildman–Crippen MR) is 134 cm³/mol. The molecule has 7 atom stereocenters. The first-order valence-corrected chi connectivity index (χ1v) is 12.9. The van der Waals surface area contributed by atoms with Gasteiger partial charge in [0.05, 0.1) is 0 Å². The number of rotatable bonds is 5. The molecule has 3 nitrogen and oxygen atoms in total. The minimum absolute atomic E-state index is 0.0695. The fourth-order valence-corrected chi connectivity index (χ4v) is 7.36. The van der Waals surface area contributed by atoms with Crippen molar-refractivity contribution < 1.29 is 4.79 Å². The summed E-state index contributed by atoms with van der Waals surface area (Å²) in [5, 5.41) is 2.90. The molecule has 1 fully saturated rings. The number of fused-ring (bicyclic) bond motifs is 4. The summed E-state index contributed by atoms with van der Waals surface area (Å²) >= 11 is 0. The van der Waals surface area contributed by atoms with E-state index in [4.69, 9.17) is 5.73 Å². The summed E-state index contributed by atoms with van der Waals surface area (Å²) in [5.41, 5.74) is 10.7. The number of carbonyl (C=O) groups excluding carboxylic acids is 1. The molecule has 0 bridgehead atoms. The molecule has 4 aliphatic carbocycles. The fourth-order valence-electron chi connectivity index (χ4n) is 7.36. The van der Waals surface area contributed by atoms with Crippen LogP contribution in [0.5, 0.6) is 0 Å². The largest absolute Gasteiger partial charge is 0.352 e. The van der Waals surface area contributed by atoms with E-state index in [9.17, 15) is 4.79 Å². The third-order valence-electron chi connectivity index (χ3n) is 9.85. The Morgan fingerprint density at radius 3 is 2.47 bits per heavy atom. The number of nitrogens with one attached hydrogen (secondary N) is 1. The number of primary amides is 1. The molecule has 0 aromatic carbocycles. The van der Waals surface area contributed by atoms with Crippen molar-refractivity contribution in [1.29, 1.82) is 0 Å². The van der Waals surface area contributed by atoms with E-state index in [0.29, 0.717) is 29.1 Å². The summed E-state index contributed by atoms with van der Waals surface area (Å²) in [6, 6.07) is -0.352. The molecule has 0 radical (unpaired) electrons. The fraction of sp³-hybridized carbons (Fsp3) is 0.690. The number of urea groups is 1. The van der Waals surface area contributed by atoms with E-state index in [1.807, 2.05) is 0 Å². The Morgan fingerprint density at radius 1 is 1.06 bits per heavy atom. The smallest absolute Gasteiger partial charge is 0.312 e. The Kier molecular flexibility index (Phi) is 6.24. The van der Waals surface area contributed by atoms with E-state index >= 15 is 0 Å². The van der Waals surface area contributed by atoms with Crippen molar-refractivity contribution in [3.8, 4) is 0 Å². The van der Waals surface area contributed by atoms with Crippen molar-refractivity contribution in [2.75, 3.05) is 0 Å². The van der Waals surface area contributed by atoms with E-state index in [-0.39, 0.29) is 11.5 Å². The van der Waals surface area contributed by atoms with Gasteiger partial charge in [0, 0.05) is 6.04 Å². The second-order valence-corrected chi connectivity index (χ2v) is 12.0. The Hall–Kier alpha value is -1.77. The van der Waals surface area contributed by atoms with Crippen molar-refractivity contribution in [2.45, 2.75) is 86.1 Å². The summed E-state index contributed by atoms with van der Waals surface area (Å²) in [6.45, 7) is 14.4. The normalized spacial score (nSPS) is 38.2. The third kappa shape index (κ3) is 3.90. The molecule has 3 N–H and O–H groups in total. The first kappa shape index (κ1) is 23.4. The monoisotopic (exact) mass is 436 g/mol. The molecule has 0 heterocycles. The highest BCUT2D eigenvalue weighted by atomic mass is 16.2. The standard InChI is InChI=1S/C29H44N2O/c1-18(2)19(3)7-8-20(4)24-11-12-25-23-10-9-21-17-22(31-27(30)32)13-15-28(21,5)26(23)14-16-29(24,25)6/h7-10,17-20,22,24,26H,11-16H2,1-6H3,(H3,30,31,32)/b8-7+/t19-,20+,22+,24+,26-,28-,29+/m0/s1. The van der Waals surface area contributed by atoms with Crippen LogP contribution in [0.25, 0.3) is 0 Å². The van der Waals surface area contributed by atoms with Gasteiger partial charge in [0.2, 0.25) is 0 Å². The van der Waals surface area contributed by atoms with Crippen LogP contribution in [0.4, 0.5) is 4.79 Å². The number of hydrogen-bond acceptors (Lipinski definition) is 1. The SMILES string of the molecule is CC(C)[C@@H](C)/C=C/[C@@H](C)[C@H]1CCC2=C3C=CC4=C[C@H](NC(N)=O)CC[C@]4(C)[C@H]3CC[C@@]21C. The van der Waals surface area contributed by atoms with Gasteiger partial charge in [-0.15, -0.1) is 0 Å². The van der Waals surface area contributed by atoms with Crippen LogP contribution < -0.4 is 11.1 Å². The topological polar surface area (TPSA) is 55.1 Å². The maximum atomic E-state index is 11.3. The van der Waals surface area contributed by atoms with Crippen LogP contribution >= 0.6 is 0 Å². The van der Waals surface area contributed by atoms with Gasteiger partial charge in [-0.05, 0) is 90.1 Å². The van der Waals surface area contributed by atoms with Crippen LogP contribution in [0.1, 0.15) is 80.1 Å². The molecule has 0 aromatic rings. The van der Waals surface area contributed by atoms with Gasteiger partial charge in [-0.3, -0.25) is 0 Å². The zero-order valence-corrected chi connectivity index (χ0v) is 21.1. The van der Waals surface area contributed by atoms with E-state index in [2.05, 4.69) is 77.2 Å². The summed E-state index contributed by atoms with van der Waals surface area (Å²) in [6.07, 6.45) is 19.3. The summed E-state index contributed by atoms with van der Waals surface area (Å²) in [7, 11) is 0. The van der Waals surface area contributed by atoms with Crippen molar-refractivity contribution in [3.05, 3.63) is 47.1 Å². The molecular formula is C29H44N2O. The number of nitrogens with two attached hydrogens (primary N) is 1. The third-order valence-corrected chi connectivity index (χ3v) is 9.85. The van der Waals surface area contributed by atoms with Crippen LogP contribution in [-0.2, 0) is 0 Å². The van der Waals surface area contributed by atoms with Crippen LogP contribution in [0.3, 0.4) is 0 Å². The molecule has 3 heteroatoms. The highest BCUT2D eigenvalue weighted by Gasteiger charge is 2.53. The van der Waals surface area contributed by atoms with Crippen molar-refractivity contribution >= 4 is 6.03 Å². The highest BCUT2D eigenvalue weighted by molar-refractivity contribution is 5.72. The lowest BCUT2D eigenvalue weighted by Gasteiger charge is -2.51. The molecule has 0 aliphatic heterocycles. The molecule has 0 spiro atoms. The lowest BCUT2D eigenvalue weighted by molar-refractivity contribution is 0.139. The number of allylic oxidation sites excluding steroid dienone is 7. The minimum Gasteiger partial charge on any atom is -0.352 e. The van der Waals surface area contributed by atoms with Crippen LogP contribution in [0, 0.1) is 40.4 Å². The second kappa shape index (κ2) is 8.54. The summed E-state index contributed by atoms with van der Waals surface area (Å²) < 4.78 is 0. The molecular weight excluding hydrogens is 392 g/mol. The second-order valence-electron chi connectivity index (χ2n) is 12.0. The first-order valence-electron chi connectivity index (χ1n) is 12.9. The Balaban J connectivity index is 1.62. The van der Waals surface area contributed by atoms with Crippen molar-refractivity contribution in [2.24, 2.45) is 46.2 Å². The lowest BCUT2D eigenvalue weighted by Crippen LogP contribution is -2.45. The molecule has 2 amide bonds. The van der Waals surface area contributed by atoms with Gasteiger partial charge in [-0.2, -0.15) is 0 Å². The number of hydrogen-bond donors (Lipinski definition) is 2. The Labute approximate surface area is 195 Å². The highest BCUT2D eigenvalue weighted by Crippen LogP contribution is 2.63. The van der Waals surface area contributed by atoms with Gasteiger partial charge in [-0.25, -0.2) is 4.79 Å². The first-order chi connectivity index (χ1) is 15.1. The Bertz CT molecular complexity index is 878. The molecule has 32 heavy (non-hydrogen) atoms. The van der Waals surface area contributed by atoms with Crippen molar-refractivity contribution in [3.63, 3.8) is 0 Å². The Morgan fingerprint density at radius 2 is 1.78 bits per heavy atom. The van der Waals surface area contributed by atoms with Crippen molar-refractivity contribution in [1.82, 2.24) is 5.32 Å². The molecule has 0 aromatic heterocycles. The van der Waals surface area contributed by atoms with E-state index in [0.717, 1.165) is 18.8 Å².